The van der Waals surface area contributed by atoms with E-state index in [4.69, 9.17) is 14.5 Å². The molecule has 2 rings (SSSR count). The van der Waals surface area contributed by atoms with Gasteiger partial charge in [0.25, 0.3) is 0 Å². The van der Waals surface area contributed by atoms with Crippen molar-refractivity contribution in [3.8, 4) is 5.75 Å². The lowest BCUT2D eigenvalue weighted by atomic mass is 10.0. The zero-order chi connectivity index (χ0) is 11.6. The zero-order valence-electron chi connectivity index (χ0n) is 8.72. The third-order valence-corrected chi connectivity index (χ3v) is 2.93. The Kier molecular flexibility index (Phi) is 3.30. The van der Waals surface area contributed by atoms with Crippen LogP contribution in [0.15, 0.2) is 18.2 Å². The quantitative estimate of drug-likeness (QED) is 0.686. The van der Waals surface area contributed by atoms with Gasteiger partial charge in [0, 0.05) is 6.54 Å². The Morgan fingerprint density at radius 3 is 2.94 bits per heavy atom. The van der Waals surface area contributed by atoms with E-state index in [1.165, 1.54) is 11.1 Å². The summed E-state index contributed by atoms with van der Waals surface area (Å²) < 4.78 is 15.7. The summed E-state index contributed by atoms with van der Waals surface area (Å²) in [4.78, 5) is 17.4. The largest absolute Gasteiger partial charge is 0.481 e. The number of hydrogen-bond donors (Lipinski definition) is 3. The SMILES string of the molecule is O=P(O)(O)COc1ccc2c(c1)CCNC2. The Hall–Kier alpha value is -0.870. The van der Waals surface area contributed by atoms with E-state index in [1.54, 1.807) is 6.07 Å². The molecule has 1 heterocycles. The number of hydrogen-bond acceptors (Lipinski definition) is 3. The van der Waals surface area contributed by atoms with Gasteiger partial charge in [0.15, 0.2) is 6.35 Å². The van der Waals surface area contributed by atoms with E-state index in [0.717, 1.165) is 19.5 Å². The van der Waals surface area contributed by atoms with Crippen LogP contribution >= 0.6 is 7.60 Å². The van der Waals surface area contributed by atoms with E-state index in [1.807, 2.05) is 12.1 Å². The van der Waals surface area contributed by atoms with Crippen molar-refractivity contribution >= 4 is 7.60 Å². The molecule has 0 unspecified atom stereocenters. The van der Waals surface area contributed by atoms with Crippen molar-refractivity contribution in [2.24, 2.45) is 0 Å². The first kappa shape index (κ1) is 11.6. The van der Waals surface area contributed by atoms with Gasteiger partial charge in [-0.25, -0.2) is 0 Å². The standard InChI is InChI=1S/C10H14NO4P/c12-16(13,14)7-15-10-2-1-9-6-11-4-3-8(9)5-10/h1-2,5,11H,3-4,6-7H2,(H2,12,13,14). The molecule has 16 heavy (non-hydrogen) atoms. The lowest BCUT2D eigenvalue weighted by Gasteiger charge is -2.18. The van der Waals surface area contributed by atoms with Gasteiger partial charge >= 0.3 is 7.60 Å². The monoisotopic (exact) mass is 243 g/mol. The molecule has 0 radical (unpaired) electrons. The molecule has 0 aliphatic carbocycles. The highest BCUT2D eigenvalue weighted by molar-refractivity contribution is 7.51. The first-order valence-corrected chi connectivity index (χ1v) is 6.84. The van der Waals surface area contributed by atoms with Crippen molar-refractivity contribution in [1.29, 1.82) is 0 Å². The van der Waals surface area contributed by atoms with E-state index in [9.17, 15) is 4.57 Å². The Morgan fingerprint density at radius 2 is 2.19 bits per heavy atom. The van der Waals surface area contributed by atoms with Gasteiger partial charge in [-0.3, -0.25) is 4.57 Å². The molecule has 0 amide bonds. The maximum absolute atomic E-state index is 10.7. The molecule has 0 bridgehead atoms. The highest BCUT2D eigenvalue weighted by atomic mass is 31.2. The second-order valence-electron chi connectivity index (χ2n) is 3.80. The average Bonchev–Trinajstić information content (AvgIpc) is 2.25. The minimum absolute atomic E-state index is 0.518. The van der Waals surface area contributed by atoms with Crippen molar-refractivity contribution in [2.45, 2.75) is 13.0 Å². The van der Waals surface area contributed by atoms with Gasteiger partial charge in [-0.15, -0.1) is 0 Å². The Labute approximate surface area is 93.6 Å². The summed E-state index contributed by atoms with van der Waals surface area (Å²) in [7, 11) is -4.09. The maximum atomic E-state index is 10.7. The molecule has 0 spiro atoms. The smallest absolute Gasteiger partial charge is 0.362 e. The zero-order valence-corrected chi connectivity index (χ0v) is 9.61. The van der Waals surface area contributed by atoms with E-state index in [0.29, 0.717) is 5.75 Å². The molecule has 88 valence electrons. The van der Waals surface area contributed by atoms with Crippen LogP contribution in [0, 0.1) is 0 Å². The van der Waals surface area contributed by atoms with Crippen molar-refractivity contribution in [3.05, 3.63) is 29.3 Å². The summed E-state index contributed by atoms with van der Waals surface area (Å²) in [5.74, 6) is 0.518. The molecule has 1 aromatic carbocycles. The van der Waals surface area contributed by atoms with Gasteiger partial charge < -0.3 is 19.8 Å². The molecule has 0 saturated carbocycles. The molecule has 3 N–H and O–H groups in total. The molecule has 6 heteroatoms. The maximum Gasteiger partial charge on any atom is 0.362 e. The fourth-order valence-corrected chi connectivity index (χ4v) is 2.02. The fraction of sp³-hybridized carbons (Fsp3) is 0.400. The summed E-state index contributed by atoms with van der Waals surface area (Å²) in [5, 5.41) is 3.25. The Balaban J connectivity index is 2.08. The number of fused-ring (bicyclic) bond motifs is 1. The van der Waals surface area contributed by atoms with Crippen LogP contribution in [-0.4, -0.2) is 22.7 Å². The molecule has 0 aromatic heterocycles. The van der Waals surface area contributed by atoms with Crippen LogP contribution in [0.25, 0.3) is 0 Å². The van der Waals surface area contributed by atoms with Crippen LogP contribution in [0.2, 0.25) is 0 Å². The van der Waals surface area contributed by atoms with E-state index in [2.05, 4.69) is 5.32 Å². The average molecular weight is 243 g/mol. The molecule has 1 aliphatic rings. The predicted molar refractivity (Wildman–Crippen MR) is 59.4 cm³/mol. The highest BCUT2D eigenvalue weighted by Gasteiger charge is 2.15. The molecule has 1 aliphatic heterocycles. The van der Waals surface area contributed by atoms with Crippen molar-refractivity contribution in [1.82, 2.24) is 5.32 Å². The second-order valence-corrected chi connectivity index (χ2v) is 5.38. The van der Waals surface area contributed by atoms with Crippen molar-refractivity contribution in [2.75, 3.05) is 12.9 Å². The molecular weight excluding hydrogens is 229 g/mol. The van der Waals surface area contributed by atoms with Crippen molar-refractivity contribution < 1.29 is 19.1 Å². The molecule has 0 saturated heterocycles. The summed E-state index contributed by atoms with van der Waals surface area (Å²) in [6.45, 7) is 1.77. The van der Waals surface area contributed by atoms with Crippen LogP contribution in [0.4, 0.5) is 0 Å². The summed E-state index contributed by atoms with van der Waals surface area (Å²) >= 11 is 0. The Morgan fingerprint density at radius 1 is 1.38 bits per heavy atom. The normalized spacial score (nSPS) is 15.6. The first-order valence-electron chi connectivity index (χ1n) is 5.04. The van der Waals surface area contributed by atoms with Crippen LogP contribution in [0.5, 0.6) is 5.75 Å². The molecule has 0 atom stereocenters. The van der Waals surface area contributed by atoms with Gasteiger partial charge in [0.05, 0.1) is 0 Å². The van der Waals surface area contributed by atoms with Crippen LogP contribution in [-0.2, 0) is 17.5 Å². The Bertz CT molecular complexity index is 429. The number of ether oxygens (including phenoxy) is 1. The summed E-state index contributed by atoms with van der Waals surface area (Å²) in [6.07, 6.45) is 0.354. The molecule has 0 fully saturated rings. The number of benzene rings is 1. The summed E-state index contributed by atoms with van der Waals surface area (Å²) in [6, 6.07) is 5.52. The van der Waals surface area contributed by atoms with Gasteiger partial charge in [-0.05, 0) is 36.2 Å². The van der Waals surface area contributed by atoms with Crippen LogP contribution in [0.3, 0.4) is 0 Å². The van der Waals surface area contributed by atoms with Gasteiger partial charge in [-0.1, -0.05) is 6.07 Å². The van der Waals surface area contributed by atoms with Gasteiger partial charge in [-0.2, -0.15) is 0 Å². The number of rotatable bonds is 3. The molecule has 5 nitrogen and oxygen atoms in total. The minimum atomic E-state index is -4.09. The molecule has 1 aromatic rings. The number of nitrogens with one attached hydrogen (secondary N) is 1. The lowest BCUT2D eigenvalue weighted by molar-refractivity contribution is 0.300. The van der Waals surface area contributed by atoms with E-state index < -0.39 is 13.9 Å². The van der Waals surface area contributed by atoms with Crippen LogP contribution < -0.4 is 10.1 Å². The van der Waals surface area contributed by atoms with Crippen LogP contribution in [0.1, 0.15) is 11.1 Å². The third-order valence-electron chi connectivity index (χ3n) is 2.46. The molecular formula is C10H14NO4P. The highest BCUT2D eigenvalue weighted by Crippen LogP contribution is 2.34. The predicted octanol–water partition coefficient (Wildman–Crippen LogP) is 0.846. The topological polar surface area (TPSA) is 78.8 Å². The van der Waals surface area contributed by atoms with E-state index >= 15 is 0 Å². The lowest BCUT2D eigenvalue weighted by Crippen LogP contribution is -2.23. The van der Waals surface area contributed by atoms with E-state index in [-0.39, 0.29) is 0 Å². The van der Waals surface area contributed by atoms with Gasteiger partial charge in [0.2, 0.25) is 0 Å². The first-order chi connectivity index (χ1) is 7.54. The summed E-state index contributed by atoms with van der Waals surface area (Å²) in [5.41, 5.74) is 2.40. The minimum Gasteiger partial charge on any atom is -0.481 e. The van der Waals surface area contributed by atoms with Gasteiger partial charge in [0.1, 0.15) is 5.75 Å². The second kappa shape index (κ2) is 4.55. The fourth-order valence-electron chi connectivity index (χ4n) is 1.70. The van der Waals surface area contributed by atoms with Crippen molar-refractivity contribution in [3.63, 3.8) is 0 Å². The third kappa shape index (κ3) is 3.06.